The highest BCUT2D eigenvalue weighted by Crippen LogP contribution is 2.20. The zero-order valence-corrected chi connectivity index (χ0v) is 15.0. The van der Waals surface area contributed by atoms with Crippen LogP contribution in [-0.4, -0.2) is 12.1 Å². The molecule has 1 N–H and O–H groups in total. The molecule has 0 saturated carbocycles. The number of nitrogens with zero attached hydrogens (tertiary/aromatic N) is 1. The average Bonchev–Trinajstić information content (AvgIpc) is 2.68. The van der Waals surface area contributed by atoms with E-state index in [2.05, 4.69) is 10.5 Å². The Morgan fingerprint density at radius 1 is 1.07 bits per heavy atom. The van der Waals surface area contributed by atoms with E-state index < -0.39 is 11.7 Å². The average molecular weight is 383 g/mol. The minimum atomic E-state index is -0.500. The standard InChI is InChI=1S/C21H16ClFN2O2/c22-19-10-3-1-7-17(19)14-27-20-11-4-2-6-16(20)13-24-25-21(26)15-8-5-9-18(23)12-15/h1-13H,14H2,(H,25,26). The first-order valence-corrected chi connectivity index (χ1v) is 8.55. The van der Waals surface area contributed by atoms with Gasteiger partial charge >= 0.3 is 0 Å². The number of halogens is 2. The third-order valence-electron chi connectivity index (χ3n) is 3.72. The fourth-order valence-corrected chi connectivity index (χ4v) is 2.53. The lowest BCUT2D eigenvalue weighted by Crippen LogP contribution is -2.17. The summed E-state index contributed by atoms with van der Waals surface area (Å²) in [6.45, 7) is 0.306. The van der Waals surface area contributed by atoms with Crippen molar-refractivity contribution >= 4 is 23.7 Å². The predicted molar refractivity (Wildman–Crippen MR) is 104 cm³/mol. The van der Waals surface area contributed by atoms with Gasteiger partial charge in [0.2, 0.25) is 0 Å². The Labute approximate surface area is 161 Å². The Kier molecular flexibility index (Phi) is 6.18. The largest absolute Gasteiger partial charge is 0.488 e. The van der Waals surface area contributed by atoms with Crippen molar-refractivity contribution in [3.8, 4) is 5.75 Å². The van der Waals surface area contributed by atoms with Crippen LogP contribution in [-0.2, 0) is 6.61 Å². The molecule has 3 aromatic carbocycles. The molecule has 3 aromatic rings. The Morgan fingerprint density at radius 2 is 1.85 bits per heavy atom. The molecule has 6 heteroatoms. The number of ether oxygens (including phenoxy) is 1. The summed E-state index contributed by atoms with van der Waals surface area (Å²) in [5.74, 6) is -0.383. The van der Waals surface area contributed by atoms with Gasteiger partial charge in [-0.25, -0.2) is 9.82 Å². The fourth-order valence-electron chi connectivity index (χ4n) is 2.34. The Balaban J connectivity index is 1.66. The molecule has 0 unspecified atom stereocenters. The molecular weight excluding hydrogens is 367 g/mol. The molecular formula is C21H16ClFN2O2. The van der Waals surface area contributed by atoms with Gasteiger partial charge in [0.1, 0.15) is 18.2 Å². The van der Waals surface area contributed by atoms with Crippen molar-refractivity contribution in [1.29, 1.82) is 0 Å². The van der Waals surface area contributed by atoms with E-state index in [1.807, 2.05) is 30.3 Å². The van der Waals surface area contributed by atoms with Gasteiger partial charge in [0.05, 0.1) is 6.21 Å². The smallest absolute Gasteiger partial charge is 0.271 e. The summed E-state index contributed by atoms with van der Waals surface area (Å²) in [6.07, 6.45) is 1.47. The van der Waals surface area contributed by atoms with Crippen molar-refractivity contribution in [1.82, 2.24) is 5.43 Å². The molecule has 0 saturated heterocycles. The van der Waals surface area contributed by atoms with E-state index in [4.69, 9.17) is 16.3 Å². The van der Waals surface area contributed by atoms with Crippen molar-refractivity contribution in [2.45, 2.75) is 6.61 Å². The molecule has 0 aliphatic carbocycles. The van der Waals surface area contributed by atoms with E-state index in [0.29, 0.717) is 22.9 Å². The highest BCUT2D eigenvalue weighted by molar-refractivity contribution is 6.31. The number of nitrogens with one attached hydrogen (secondary N) is 1. The number of rotatable bonds is 6. The zero-order chi connectivity index (χ0) is 19.1. The van der Waals surface area contributed by atoms with Gasteiger partial charge in [-0.1, -0.05) is 48.0 Å². The van der Waals surface area contributed by atoms with Gasteiger partial charge in [0.15, 0.2) is 0 Å². The van der Waals surface area contributed by atoms with Crippen LogP contribution >= 0.6 is 11.6 Å². The first-order valence-electron chi connectivity index (χ1n) is 8.17. The summed E-state index contributed by atoms with van der Waals surface area (Å²) in [7, 11) is 0. The summed E-state index contributed by atoms with van der Waals surface area (Å²) in [5.41, 5.74) is 4.11. The van der Waals surface area contributed by atoms with Crippen LogP contribution in [0.2, 0.25) is 5.02 Å². The van der Waals surface area contributed by atoms with Crippen LogP contribution in [0.4, 0.5) is 4.39 Å². The van der Waals surface area contributed by atoms with Gasteiger partial charge < -0.3 is 4.74 Å². The number of hydrogen-bond donors (Lipinski definition) is 1. The van der Waals surface area contributed by atoms with Crippen LogP contribution in [0, 0.1) is 5.82 Å². The van der Waals surface area contributed by atoms with Crippen LogP contribution in [0.1, 0.15) is 21.5 Å². The molecule has 3 rings (SSSR count). The molecule has 0 aromatic heterocycles. The summed E-state index contributed by atoms with van der Waals surface area (Å²) >= 11 is 6.14. The maximum absolute atomic E-state index is 13.2. The molecule has 0 aliphatic heterocycles. The second-order valence-electron chi connectivity index (χ2n) is 5.63. The molecule has 4 nitrogen and oxygen atoms in total. The van der Waals surface area contributed by atoms with Crippen molar-refractivity contribution in [2.24, 2.45) is 5.10 Å². The molecule has 136 valence electrons. The van der Waals surface area contributed by atoms with Gasteiger partial charge in [0, 0.05) is 21.7 Å². The second kappa shape index (κ2) is 8.96. The van der Waals surface area contributed by atoms with Crippen molar-refractivity contribution < 1.29 is 13.9 Å². The molecule has 1 amide bonds. The van der Waals surface area contributed by atoms with Gasteiger partial charge in [-0.2, -0.15) is 5.10 Å². The van der Waals surface area contributed by atoms with E-state index in [0.717, 1.165) is 11.6 Å². The topological polar surface area (TPSA) is 50.7 Å². The van der Waals surface area contributed by atoms with Crippen molar-refractivity contribution in [2.75, 3.05) is 0 Å². The van der Waals surface area contributed by atoms with Gasteiger partial charge in [-0.05, 0) is 36.4 Å². The number of para-hydroxylation sites is 1. The minimum absolute atomic E-state index is 0.190. The fraction of sp³-hybridized carbons (Fsp3) is 0.0476. The number of hydrazone groups is 1. The molecule has 0 radical (unpaired) electrons. The Hall–Kier alpha value is -3.18. The highest BCUT2D eigenvalue weighted by atomic mass is 35.5. The van der Waals surface area contributed by atoms with E-state index in [1.165, 1.54) is 24.4 Å². The van der Waals surface area contributed by atoms with E-state index >= 15 is 0 Å². The quantitative estimate of drug-likeness (QED) is 0.490. The number of benzene rings is 3. The summed E-state index contributed by atoms with van der Waals surface area (Å²) in [4.78, 5) is 12.0. The summed E-state index contributed by atoms with van der Waals surface area (Å²) < 4.78 is 19.0. The molecule has 27 heavy (non-hydrogen) atoms. The van der Waals surface area contributed by atoms with Crippen LogP contribution < -0.4 is 10.2 Å². The maximum Gasteiger partial charge on any atom is 0.271 e. The number of amides is 1. The molecule has 0 aliphatic rings. The summed E-state index contributed by atoms with van der Waals surface area (Å²) in [6, 6.07) is 20.1. The lowest BCUT2D eigenvalue weighted by atomic mass is 10.2. The number of hydrogen-bond acceptors (Lipinski definition) is 3. The van der Waals surface area contributed by atoms with E-state index in [1.54, 1.807) is 18.2 Å². The molecule has 0 bridgehead atoms. The van der Waals surface area contributed by atoms with Gasteiger partial charge in [-0.15, -0.1) is 0 Å². The Bertz CT molecular complexity index is 976. The summed E-state index contributed by atoms with van der Waals surface area (Å²) in [5, 5.41) is 4.56. The first-order chi connectivity index (χ1) is 13.1. The number of carbonyl (C=O) groups is 1. The lowest BCUT2D eigenvalue weighted by Gasteiger charge is -2.10. The molecule has 0 spiro atoms. The minimum Gasteiger partial charge on any atom is -0.488 e. The normalized spacial score (nSPS) is 10.7. The van der Waals surface area contributed by atoms with E-state index in [9.17, 15) is 9.18 Å². The SMILES string of the molecule is O=C(NN=Cc1ccccc1OCc1ccccc1Cl)c1cccc(F)c1. The predicted octanol–water partition coefficient (Wildman–Crippen LogP) is 4.82. The van der Waals surface area contributed by atoms with Crippen LogP contribution in [0.5, 0.6) is 5.75 Å². The highest BCUT2D eigenvalue weighted by Gasteiger charge is 2.06. The lowest BCUT2D eigenvalue weighted by molar-refractivity contribution is 0.0954. The third-order valence-corrected chi connectivity index (χ3v) is 4.09. The number of carbonyl (C=O) groups excluding carboxylic acids is 1. The van der Waals surface area contributed by atoms with Crippen molar-refractivity contribution in [3.05, 3.63) is 100 Å². The third kappa shape index (κ3) is 5.15. The first kappa shape index (κ1) is 18.6. The second-order valence-corrected chi connectivity index (χ2v) is 6.03. The zero-order valence-electron chi connectivity index (χ0n) is 14.2. The monoisotopic (exact) mass is 382 g/mol. The van der Waals surface area contributed by atoms with Crippen LogP contribution in [0.3, 0.4) is 0 Å². The van der Waals surface area contributed by atoms with Crippen molar-refractivity contribution in [3.63, 3.8) is 0 Å². The maximum atomic E-state index is 13.2. The van der Waals surface area contributed by atoms with E-state index in [-0.39, 0.29) is 5.56 Å². The molecule has 0 fully saturated rings. The van der Waals surface area contributed by atoms with Crippen LogP contribution in [0.25, 0.3) is 0 Å². The van der Waals surface area contributed by atoms with Gasteiger partial charge in [0.25, 0.3) is 5.91 Å². The molecule has 0 heterocycles. The van der Waals surface area contributed by atoms with Crippen LogP contribution in [0.15, 0.2) is 77.9 Å². The molecule has 0 atom stereocenters. The Morgan fingerprint density at radius 3 is 2.67 bits per heavy atom. The van der Waals surface area contributed by atoms with Gasteiger partial charge in [-0.3, -0.25) is 4.79 Å².